The molecule has 0 spiro atoms. The van der Waals surface area contributed by atoms with Gasteiger partial charge in [-0.15, -0.1) is 0 Å². The Bertz CT molecular complexity index is 607. The maximum absolute atomic E-state index is 9.22. The van der Waals surface area contributed by atoms with Crippen molar-refractivity contribution in [2.24, 2.45) is 0 Å². The van der Waals surface area contributed by atoms with Crippen molar-refractivity contribution in [1.82, 2.24) is 14.8 Å². The molecule has 0 radical (unpaired) electrons. The fraction of sp³-hybridized carbons (Fsp3) is 0.438. The van der Waals surface area contributed by atoms with Crippen LogP contribution in [0.3, 0.4) is 0 Å². The Kier molecular flexibility index (Phi) is 4.89. The third-order valence-corrected chi connectivity index (χ3v) is 3.31. The first-order chi connectivity index (χ1) is 9.80. The Hall–Kier alpha value is -2.15. The second-order valence-electron chi connectivity index (χ2n) is 4.78. The highest BCUT2D eigenvalue weighted by Crippen LogP contribution is 2.22. The molecule has 0 saturated heterocycles. The van der Waals surface area contributed by atoms with Gasteiger partial charge in [0.25, 0.3) is 0 Å². The molecule has 4 nitrogen and oxygen atoms in total. The molecule has 1 heterocycles. The van der Waals surface area contributed by atoms with Crippen LogP contribution < -0.4 is 0 Å². The highest BCUT2D eigenvalue weighted by atomic mass is 15.3. The van der Waals surface area contributed by atoms with E-state index in [0.717, 1.165) is 36.6 Å². The predicted molar refractivity (Wildman–Crippen MR) is 79.1 cm³/mol. The zero-order valence-corrected chi connectivity index (χ0v) is 12.1. The number of unbranched alkanes of at least 4 members (excludes halogenated alkanes) is 2. The van der Waals surface area contributed by atoms with Gasteiger partial charge in [0, 0.05) is 18.5 Å². The third kappa shape index (κ3) is 3.05. The molecule has 2 rings (SSSR count). The van der Waals surface area contributed by atoms with Crippen LogP contribution in [0.4, 0.5) is 0 Å². The van der Waals surface area contributed by atoms with Crippen LogP contribution in [-0.4, -0.2) is 14.8 Å². The number of hydrogen-bond acceptors (Lipinski definition) is 3. The van der Waals surface area contributed by atoms with E-state index in [1.54, 1.807) is 0 Å². The average molecular weight is 268 g/mol. The lowest BCUT2D eigenvalue weighted by molar-refractivity contribution is 0.637. The molecule has 1 aromatic carbocycles. The maximum Gasteiger partial charge on any atom is 0.159 e. The lowest BCUT2D eigenvalue weighted by Crippen LogP contribution is -2.01. The smallest absolute Gasteiger partial charge is 0.159 e. The van der Waals surface area contributed by atoms with Gasteiger partial charge in [-0.1, -0.05) is 31.9 Å². The van der Waals surface area contributed by atoms with Crippen LogP contribution in [0.2, 0.25) is 0 Å². The highest BCUT2D eigenvalue weighted by molar-refractivity contribution is 5.64. The first kappa shape index (κ1) is 14.3. The lowest BCUT2D eigenvalue weighted by atomic mass is 10.1. The van der Waals surface area contributed by atoms with E-state index < -0.39 is 0 Å². The quantitative estimate of drug-likeness (QED) is 0.752. The molecule has 0 aliphatic rings. The Morgan fingerprint density at radius 2 is 2.00 bits per heavy atom. The molecule has 104 valence electrons. The van der Waals surface area contributed by atoms with Crippen LogP contribution in [-0.2, 0) is 13.0 Å². The Morgan fingerprint density at radius 3 is 2.70 bits per heavy atom. The second-order valence-corrected chi connectivity index (χ2v) is 4.78. The van der Waals surface area contributed by atoms with Crippen molar-refractivity contribution in [2.45, 2.75) is 46.1 Å². The molecule has 0 bridgehead atoms. The molecule has 20 heavy (non-hydrogen) atoms. The number of benzene rings is 1. The number of rotatable bonds is 6. The van der Waals surface area contributed by atoms with Crippen LogP contribution in [0.1, 0.15) is 44.5 Å². The van der Waals surface area contributed by atoms with Crippen molar-refractivity contribution >= 4 is 0 Å². The third-order valence-electron chi connectivity index (χ3n) is 3.31. The largest absolute Gasteiger partial charge is 0.246 e. The highest BCUT2D eigenvalue weighted by Gasteiger charge is 2.13. The minimum Gasteiger partial charge on any atom is -0.246 e. The Morgan fingerprint density at radius 1 is 1.20 bits per heavy atom. The minimum absolute atomic E-state index is 0.648. The average Bonchev–Trinajstić information content (AvgIpc) is 2.90. The van der Waals surface area contributed by atoms with Crippen molar-refractivity contribution in [3.63, 3.8) is 0 Å². The SMILES string of the molecule is CCCCCc1nc(-c2ccccc2C#N)n(CC)n1. The molecule has 0 amide bonds. The number of nitriles is 1. The number of hydrogen-bond donors (Lipinski definition) is 0. The van der Waals surface area contributed by atoms with Gasteiger partial charge in [0.15, 0.2) is 11.6 Å². The van der Waals surface area contributed by atoms with Crippen molar-refractivity contribution in [3.05, 3.63) is 35.7 Å². The minimum atomic E-state index is 0.648. The van der Waals surface area contributed by atoms with E-state index in [0.29, 0.717) is 5.56 Å². The van der Waals surface area contributed by atoms with Gasteiger partial charge < -0.3 is 0 Å². The summed E-state index contributed by atoms with van der Waals surface area (Å²) in [4.78, 5) is 4.63. The molecule has 0 aliphatic heterocycles. The fourth-order valence-electron chi connectivity index (χ4n) is 2.22. The van der Waals surface area contributed by atoms with E-state index in [1.807, 2.05) is 35.9 Å². The van der Waals surface area contributed by atoms with Gasteiger partial charge >= 0.3 is 0 Å². The van der Waals surface area contributed by atoms with E-state index in [-0.39, 0.29) is 0 Å². The normalized spacial score (nSPS) is 10.4. The number of aromatic nitrogens is 3. The first-order valence-corrected chi connectivity index (χ1v) is 7.23. The molecule has 0 fully saturated rings. The van der Waals surface area contributed by atoms with Crippen molar-refractivity contribution in [2.75, 3.05) is 0 Å². The molecular weight excluding hydrogens is 248 g/mol. The van der Waals surface area contributed by atoms with Gasteiger partial charge in [-0.3, -0.25) is 0 Å². The number of nitrogens with zero attached hydrogens (tertiary/aromatic N) is 4. The standard InChI is InChI=1S/C16H20N4/c1-3-5-6-11-15-18-16(20(4-2)19-15)14-10-8-7-9-13(14)12-17/h7-10H,3-6,11H2,1-2H3. The topological polar surface area (TPSA) is 54.5 Å². The summed E-state index contributed by atoms with van der Waals surface area (Å²) in [6.07, 6.45) is 4.41. The van der Waals surface area contributed by atoms with Gasteiger partial charge in [0.05, 0.1) is 11.6 Å². The Labute approximate surface area is 120 Å². The second kappa shape index (κ2) is 6.85. The number of aryl methyl sites for hydroxylation is 2. The van der Waals surface area contributed by atoms with E-state index in [2.05, 4.69) is 23.1 Å². The Balaban J connectivity index is 2.33. The molecule has 0 N–H and O–H groups in total. The van der Waals surface area contributed by atoms with Gasteiger partial charge in [-0.05, 0) is 25.5 Å². The summed E-state index contributed by atoms with van der Waals surface area (Å²) < 4.78 is 1.89. The molecule has 2 aromatic rings. The van der Waals surface area contributed by atoms with Gasteiger partial charge in [0.2, 0.25) is 0 Å². The van der Waals surface area contributed by atoms with Crippen LogP contribution in [0.5, 0.6) is 0 Å². The molecule has 1 aromatic heterocycles. The lowest BCUT2D eigenvalue weighted by Gasteiger charge is -2.03. The molecule has 0 saturated carbocycles. The summed E-state index contributed by atoms with van der Waals surface area (Å²) in [5, 5.41) is 13.8. The fourth-order valence-corrected chi connectivity index (χ4v) is 2.22. The summed E-state index contributed by atoms with van der Waals surface area (Å²) in [5.74, 6) is 1.68. The zero-order valence-electron chi connectivity index (χ0n) is 12.1. The van der Waals surface area contributed by atoms with Crippen LogP contribution in [0.25, 0.3) is 11.4 Å². The van der Waals surface area contributed by atoms with Gasteiger partial charge in [0.1, 0.15) is 0 Å². The summed E-state index contributed by atoms with van der Waals surface area (Å²) in [6, 6.07) is 9.79. The van der Waals surface area contributed by atoms with Crippen LogP contribution in [0.15, 0.2) is 24.3 Å². The molecular formula is C16H20N4. The van der Waals surface area contributed by atoms with E-state index in [1.165, 1.54) is 12.8 Å². The molecule has 4 heteroatoms. The van der Waals surface area contributed by atoms with E-state index >= 15 is 0 Å². The maximum atomic E-state index is 9.22. The zero-order chi connectivity index (χ0) is 14.4. The molecule has 0 unspecified atom stereocenters. The van der Waals surface area contributed by atoms with Crippen molar-refractivity contribution in [1.29, 1.82) is 5.26 Å². The van der Waals surface area contributed by atoms with Gasteiger partial charge in [-0.2, -0.15) is 10.4 Å². The molecule has 0 aliphatic carbocycles. The van der Waals surface area contributed by atoms with E-state index in [9.17, 15) is 5.26 Å². The summed E-state index contributed by atoms with van der Waals surface area (Å²) >= 11 is 0. The summed E-state index contributed by atoms with van der Waals surface area (Å²) in [6.45, 7) is 4.99. The monoisotopic (exact) mass is 268 g/mol. The van der Waals surface area contributed by atoms with Crippen molar-refractivity contribution < 1.29 is 0 Å². The van der Waals surface area contributed by atoms with Gasteiger partial charge in [-0.25, -0.2) is 9.67 Å². The van der Waals surface area contributed by atoms with E-state index in [4.69, 9.17) is 0 Å². The van der Waals surface area contributed by atoms with Crippen LogP contribution in [0, 0.1) is 11.3 Å². The van der Waals surface area contributed by atoms with Crippen molar-refractivity contribution in [3.8, 4) is 17.5 Å². The molecule has 0 atom stereocenters. The summed E-state index contributed by atoms with van der Waals surface area (Å²) in [5.41, 5.74) is 1.51. The van der Waals surface area contributed by atoms with Crippen LogP contribution >= 0.6 is 0 Å². The first-order valence-electron chi connectivity index (χ1n) is 7.23. The predicted octanol–water partition coefficient (Wildman–Crippen LogP) is 3.57. The summed E-state index contributed by atoms with van der Waals surface area (Å²) in [7, 11) is 0.